The highest BCUT2D eigenvalue weighted by atomic mass is 35.5. The number of aromatic nitrogens is 1. The van der Waals surface area contributed by atoms with Crippen LogP contribution in [-0.2, 0) is 16.0 Å². The standard InChI is InChI=1S/C25H32ClFN4O5/c1-5-35-23(33)20-19(29-24(28)34)18(22(32)36-25(2,3)4)21(30-11-7-6-8-12-30)31(20)14-15-13-16(27)9-10-17(15)26/h9-10,13H,5-8,11-12,14H2,1-4H3,(H3,28,29,34). The van der Waals surface area contributed by atoms with Crippen molar-refractivity contribution in [2.45, 2.75) is 59.1 Å². The monoisotopic (exact) mass is 522 g/mol. The second-order valence-electron chi connectivity index (χ2n) is 9.50. The number of halogens is 2. The first-order valence-corrected chi connectivity index (χ1v) is 12.2. The summed E-state index contributed by atoms with van der Waals surface area (Å²) in [6.07, 6.45) is 2.71. The van der Waals surface area contributed by atoms with Crippen LogP contribution < -0.4 is 16.0 Å². The first-order valence-electron chi connectivity index (χ1n) is 11.8. The van der Waals surface area contributed by atoms with Gasteiger partial charge in [0.2, 0.25) is 0 Å². The number of carbonyl (C=O) groups is 3. The number of anilines is 2. The molecule has 2 aromatic rings. The van der Waals surface area contributed by atoms with Gasteiger partial charge in [-0.1, -0.05) is 11.6 Å². The third kappa shape index (κ3) is 6.29. The van der Waals surface area contributed by atoms with Crippen LogP contribution in [0, 0.1) is 5.82 Å². The van der Waals surface area contributed by atoms with Crippen molar-refractivity contribution in [2.24, 2.45) is 5.73 Å². The molecule has 36 heavy (non-hydrogen) atoms. The van der Waals surface area contributed by atoms with Crippen LogP contribution in [0.25, 0.3) is 0 Å². The number of piperidine rings is 1. The molecule has 1 saturated heterocycles. The molecular formula is C25H32ClFN4O5. The summed E-state index contributed by atoms with van der Waals surface area (Å²) < 4.78 is 26.6. The highest BCUT2D eigenvalue weighted by Gasteiger charge is 2.37. The maximum absolute atomic E-state index is 14.1. The smallest absolute Gasteiger partial charge is 0.357 e. The van der Waals surface area contributed by atoms with Crippen LogP contribution in [0.2, 0.25) is 5.02 Å². The largest absolute Gasteiger partial charge is 0.461 e. The number of nitrogens with zero attached hydrogens (tertiary/aromatic N) is 2. The lowest BCUT2D eigenvalue weighted by atomic mass is 10.1. The Morgan fingerprint density at radius 2 is 1.81 bits per heavy atom. The molecule has 0 aliphatic carbocycles. The number of ether oxygens (including phenoxy) is 2. The summed E-state index contributed by atoms with van der Waals surface area (Å²) in [6, 6.07) is 2.92. The zero-order valence-corrected chi connectivity index (χ0v) is 21.7. The summed E-state index contributed by atoms with van der Waals surface area (Å²) in [5.41, 5.74) is 4.70. The molecule has 1 aliphatic rings. The number of esters is 2. The van der Waals surface area contributed by atoms with E-state index in [4.69, 9.17) is 26.8 Å². The Labute approximate surface area is 214 Å². The summed E-state index contributed by atoms with van der Waals surface area (Å²) in [4.78, 5) is 40.8. The van der Waals surface area contributed by atoms with Crippen molar-refractivity contribution < 1.29 is 28.2 Å². The van der Waals surface area contributed by atoms with Crippen molar-refractivity contribution >= 4 is 41.1 Å². The average molecular weight is 523 g/mol. The lowest BCUT2D eigenvalue weighted by molar-refractivity contribution is 0.00713. The highest BCUT2D eigenvalue weighted by Crippen LogP contribution is 2.39. The zero-order chi connectivity index (χ0) is 26.6. The summed E-state index contributed by atoms with van der Waals surface area (Å²) in [5, 5.41) is 2.71. The fourth-order valence-electron chi connectivity index (χ4n) is 4.21. The lowest BCUT2D eigenvalue weighted by Gasteiger charge is -2.31. The van der Waals surface area contributed by atoms with Crippen molar-refractivity contribution in [1.82, 2.24) is 4.57 Å². The van der Waals surface area contributed by atoms with Crippen LogP contribution in [0.5, 0.6) is 0 Å². The SMILES string of the molecule is CCOC(=O)c1c(NC(N)=O)c(C(=O)OC(C)(C)C)c(N2CCCCC2)n1Cc1cc(F)ccc1Cl. The van der Waals surface area contributed by atoms with Gasteiger partial charge in [0.25, 0.3) is 0 Å². The van der Waals surface area contributed by atoms with Crippen LogP contribution in [0.4, 0.5) is 20.7 Å². The fraction of sp³-hybridized carbons (Fsp3) is 0.480. The van der Waals surface area contributed by atoms with Crippen LogP contribution in [-0.4, -0.2) is 47.8 Å². The maximum atomic E-state index is 14.1. The summed E-state index contributed by atoms with van der Waals surface area (Å²) >= 11 is 6.37. The van der Waals surface area contributed by atoms with Crippen molar-refractivity contribution in [2.75, 3.05) is 29.9 Å². The van der Waals surface area contributed by atoms with E-state index in [1.807, 2.05) is 4.90 Å². The minimum atomic E-state index is -0.975. The molecule has 9 nitrogen and oxygen atoms in total. The number of carbonyl (C=O) groups excluding carboxylic acids is 3. The molecule has 3 rings (SSSR count). The van der Waals surface area contributed by atoms with E-state index in [2.05, 4.69) is 5.32 Å². The van der Waals surface area contributed by atoms with Crippen LogP contribution in [0.1, 0.15) is 73.4 Å². The number of benzene rings is 1. The van der Waals surface area contributed by atoms with Gasteiger partial charge in [-0.05, 0) is 70.7 Å². The van der Waals surface area contributed by atoms with Crippen molar-refractivity contribution in [3.63, 3.8) is 0 Å². The lowest BCUT2D eigenvalue weighted by Crippen LogP contribution is -2.34. The molecule has 0 spiro atoms. The molecule has 1 aliphatic heterocycles. The fourth-order valence-corrected chi connectivity index (χ4v) is 4.39. The molecule has 0 radical (unpaired) electrons. The number of rotatable bonds is 7. The zero-order valence-electron chi connectivity index (χ0n) is 21.0. The van der Waals surface area contributed by atoms with Gasteiger partial charge in [0.15, 0.2) is 5.69 Å². The predicted octanol–water partition coefficient (Wildman–Crippen LogP) is 4.94. The molecular weight excluding hydrogens is 491 g/mol. The Morgan fingerprint density at radius 3 is 2.39 bits per heavy atom. The van der Waals surface area contributed by atoms with E-state index in [1.165, 1.54) is 22.8 Å². The number of urea groups is 1. The summed E-state index contributed by atoms with van der Waals surface area (Å²) in [5.74, 6) is -1.71. The van der Waals surface area contributed by atoms with E-state index in [1.54, 1.807) is 27.7 Å². The van der Waals surface area contributed by atoms with E-state index < -0.39 is 29.4 Å². The number of primary amides is 1. The van der Waals surface area contributed by atoms with Gasteiger partial charge < -0.3 is 30.0 Å². The molecule has 2 amide bonds. The molecule has 1 fully saturated rings. The first kappa shape index (κ1) is 27.3. The normalized spacial score (nSPS) is 13.9. The van der Waals surface area contributed by atoms with Crippen molar-refractivity contribution in [1.29, 1.82) is 0 Å². The number of hydrogen-bond acceptors (Lipinski definition) is 6. The summed E-state index contributed by atoms with van der Waals surface area (Å²) in [6.45, 7) is 7.92. The number of hydrogen-bond donors (Lipinski definition) is 2. The number of nitrogens with one attached hydrogen (secondary N) is 1. The Morgan fingerprint density at radius 1 is 1.14 bits per heavy atom. The molecule has 0 atom stereocenters. The molecule has 2 heterocycles. The predicted molar refractivity (Wildman–Crippen MR) is 135 cm³/mol. The van der Waals surface area contributed by atoms with Gasteiger partial charge in [0.05, 0.1) is 18.8 Å². The van der Waals surface area contributed by atoms with Gasteiger partial charge in [-0.2, -0.15) is 0 Å². The summed E-state index contributed by atoms with van der Waals surface area (Å²) in [7, 11) is 0. The third-order valence-corrected chi connectivity index (χ3v) is 5.92. The molecule has 1 aromatic carbocycles. The molecule has 0 bridgehead atoms. The van der Waals surface area contributed by atoms with E-state index in [-0.39, 0.29) is 35.1 Å². The number of nitrogens with two attached hydrogens (primary N) is 1. The van der Waals surface area contributed by atoms with Gasteiger partial charge in [0.1, 0.15) is 22.8 Å². The topological polar surface area (TPSA) is 116 Å². The van der Waals surface area contributed by atoms with Crippen LogP contribution >= 0.6 is 11.6 Å². The maximum Gasteiger partial charge on any atom is 0.357 e. The van der Waals surface area contributed by atoms with Crippen LogP contribution in [0.15, 0.2) is 18.2 Å². The second-order valence-corrected chi connectivity index (χ2v) is 9.91. The Bertz CT molecular complexity index is 1150. The number of amides is 2. The van der Waals surface area contributed by atoms with E-state index in [0.717, 1.165) is 19.3 Å². The average Bonchev–Trinajstić information content (AvgIpc) is 3.09. The van der Waals surface area contributed by atoms with Crippen LogP contribution in [0.3, 0.4) is 0 Å². The van der Waals surface area contributed by atoms with Crippen molar-refractivity contribution in [3.8, 4) is 0 Å². The molecule has 196 valence electrons. The van der Waals surface area contributed by atoms with Gasteiger partial charge in [-0.25, -0.2) is 18.8 Å². The molecule has 3 N–H and O–H groups in total. The Hall–Kier alpha value is -3.27. The van der Waals surface area contributed by atoms with E-state index >= 15 is 0 Å². The Balaban J connectivity index is 2.37. The van der Waals surface area contributed by atoms with Gasteiger partial charge in [0, 0.05) is 18.1 Å². The minimum Gasteiger partial charge on any atom is -0.461 e. The van der Waals surface area contributed by atoms with Gasteiger partial charge in [-0.15, -0.1) is 0 Å². The van der Waals surface area contributed by atoms with Gasteiger partial charge in [-0.3, -0.25) is 0 Å². The minimum absolute atomic E-state index is 0.0267. The van der Waals surface area contributed by atoms with E-state index in [9.17, 15) is 18.8 Å². The quantitative estimate of drug-likeness (QED) is 0.497. The third-order valence-electron chi connectivity index (χ3n) is 5.55. The molecule has 0 unspecified atom stereocenters. The molecule has 1 aromatic heterocycles. The first-order chi connectivity index (χ1) is 16.9. The van der Waals surface area contributed by atoms with Gasteiger partial charge >= 0.3 is 18.0 Å². The highest BCUT2D eigenvalue weighted by molar-refractivity contribution is 6.31. The van der Waals surface area contributed by atoms with E-state index in [0.29, 0.717) is 24.5 Å². The molecule has 11 heteroatoms. The second kappa shape index (κ2) is 11.2. The molecule has 0 saturated carbocycles. The Kier molecular flexibility index (Phi) is 8.50. The van der Waals surface area contributed by atoms with Crippen molar-refractivity contribution in [3.05, 3.63) is 45.9 Å².